The molecule has 0 bridgehead atoms. The molecule has 0 saturated carbocycles. The Labute approximate surface area is 223 Å². The van der Waals surface area contributed by atoms with Crippen molar-refractivity contribution in [3.8, 4) is 11.3 Å². The minimum absolute atomic E-state index is 0.0109. The second-order valence-corrected chi connectivity index (χ2v) is 9.28. The Morgan fingerprint density at radius 2 is 1.29 bits per heavy atom. The molecular weight excluding hydrogens is 496 g/mol. The maximum Gasteiger partial charge on any atom is 0.270 e. The first-order chi connectivity index (χ1) is 18.6. The average molecular weight is 517 g/mol. The molecule has 0 saturated heterocycles. The zero-order chi connectivity index (χ0) is 26.1. The molecule has 6 aromatic rings. The van der Waals surface area contributed by atoms with Crippen LogP contribution in [0.3, 0.4) is 0 Å². The van der Waals surface area contributed by atoms with Gasteiger partial charge in [0.1, 0.15) is 16.4 Å². The predicted molar refractivity (Wildman–Crippen MR) is 149 cm³/mol. The minimum atomic E-state index is -0.882. The monoisotopic (exact) mass is 516 g/mol. The molecule has 7 heteroatoms. The number of non-ortho nitro benzene ring substituents is 1. The van der Waals surface area contributed by atoms with Crippen molar-refractivity contribution in [1.82, 2.24) is 14.8 Å². The van der Waals surface area contributed by atoms with Crippen LogP contribution in [0.15, 0.2) is 128 Å². The van der Waals surface area contributed by atoms with E-state index in [0.29, 0.717) is 16.2 Å². The molecule has 0 unspecified atom stereocenters. The number of benzene rings is 4. The van der Waals surface area contributed by atoms with E-state index in [9.17, 15) is 10.1 Å². The second-order valence-electron chi connectivity index (χ2n) is 8.89. The van der Waals surface area contributed by atoms with E-state index in [1.807, 2.05) is 65.3 Å². The van der Waals surface area contributed by atoms with Gasteiger partial charge in [0.25, 0.3) is 5.69 Å². The van der Waals surface area contributed by atoms with Crippen LogP contribution in [0, 0.1) is 10.1 Å². The maximum atomic E-state index is 11.8. The van der Waals surface area contributed by atoms with E-state index < -0.39 is 5.54 Å². The second kappa shape index (κ2) is 9.57. The highest BCUT2D eigenvalue weighted by Crippen LogP contribution is 2.44. The van der Waals surface area contributed by atoms with E-state index in [1.165, 1.54) is 6.07 Å². The largest absolute Gasteiger partial charge is 0.270 e. The van der Waals surface area contributed by atoms with Crippen LogP contribution in [0.25, 0.3) is 22.2 Å². The summed E-state index contributed by atoms with van der Waals surface area (Å²) in [6, 6.07) is 38.9. The summed E-state index contributed by atoms with van der Waals surface area (Å²) >= 11 is 6.26. The zero-order valence-corrected chi connectivity index (χ0v) is 20.9. The van der Waals surface area contributed by atoms with Gasteiger partial charge in [0.05, 0.1) is 10.4 Å². The Balaban J connectivity index is 1.80. The Hall–Kier alpha value is -4.81. The highest BCUT2D eigenvalue weighted by Gasteiger charge is 2.41. The van der Waals surface area contributed by atoms with Crippen molar-refractivity contribution in [2.75, 3.05) is 0 Å². The van der Waals surface area contributed by atoms with E-state index in [2.05, 4.69) is 41.4 Å². The number of hydrogen-bond donors (Lipinski definition) is 0. The Bertz CT molecular complexity index is 1660. The number of hydrogen-bond acceptors (Lipinski definition) is 4. The first-order valence-electron chi connectivity index (χ1n) is 12.0. The summed E-state index contributed by atoms with van der Waals surface area (Å²) in [5.74, 6) is 0. The molecule has 2 aromatic heterocycles. The number of nitrogens with zero attached hydrogens (tertiary/aromatic N) is 4. The summed E-state index contributed by atoms with van der Waals surface area (Å²) in [6.07, 6.45) is 1.61. The van der Waals surface area contributed by atoms with Crippen LogP contribution in [0.5, 0.6) is 0 Å². The smallest absolute Gasteiger partial charge is 0.258 e. The quantitative estimate of drug-likeness (QED) is 0.0993. The molecule has 0 radical (unpaired) electrons. The van der Waals surface area contributed by atoms with Crippen LogP contribution < -0.4 is 0 Å². The van der Waals surface area contributed by atoms with Gasteiger partial charge in [0.15, 0.2) is 0 Å². The van der Waals surface area contributed by atoms with Crippen molar-refractivity contribution in [1.29, 1.82) is 0 Å². The number of nitro benzene ring substituents is 1. The maximum absolute atomic E-state index is 11.8. The van der Waals surface area contributed by atoms with Crippen molar-refractivity contribution < 1.29 is 4.92 Å². The standard InChI is InChI=1S/C31H21ClN4O2/c32-29-20-22(18-19-33-29)30-27-21-26(36(37)38)16-17-28(27)35(34-30)31(23-10-4-1-5-11-23,24-12-6-2-7-13-24)25-14-8-3-9-15-25/h1-21H. The molecule has 0 aliphatic rings. The molecule has 0 amide bonds. The molecule has 2 heterocycles. The van der Waals surface area contributed by atoms with Gasteiger partial charge in [-0.1, -0.05) is 103 Å². The molecule has 184 valence electrons. The Kier molecular flexibility index (Phi) is 5.94. The van der Waals surface area contributed by atoms with Crippen LogP contribution in [0.1, 0.15) is 16.7 Å². The van der Waals surface area contributed by atoms with Crippen LogP contribution in [0.2, 0.25) is 5.15 Å². The van der Waals surface area contributed by atoms with E-state index in [1.54, 1.807) is 24.4 Å². The fourth-order valence-electron chi connectivity index (χ4n) is 5.14. The first-order valence-corrected chi connectivity index (χ1v) is 12.4. The first kappa shape index (κ1) is 23.6. The van der Waals surface area contributed by atoms with Gasteiger partial charge in [0.2, 0.25) is 0 Å². The van der Waals surface area contributed by atoms with Crippen LogP contribution in [-0.2, 0) is 5.54 Å². The molecular formula is C31H21ClN4O2. The SMILES string of the molecule is O=[N+]([O-])c1ccc2c(c1)c(-c1ccnc(Cl)c1)nn2C(c1ccccc1)(c1ccccc1)c1ccccc1. The summed E-state index contributed by atoms with van der Waals surface area (Å²) in [4.78, 5) is 15.5. The number of fused-ring (bicyclic) bond motifs is 1. The third-order valence-electron chi connectivity index (χ3n) is 6.77. The molecule has 0 fully saturated rings. The van der Waals surface area contributed by atoms with Crippen molar-refractivity contribution in [3.63, 3.8) is 0 Å². The lowest BCUT2D eigenvalue weighted by molar-refractivity contribution is -0.384. The highest BCUT2D eigenvalue weighted by molar-refractivity contribution is 6.29. The lowest BCUT2D eigenvalue weighted by Gasteiger charge is -2.37. The topological polar surface area (TPSA) is 73.8 Å². The van der Waals surface area contributed by atoms with Gasteiger partial charge < -0.3 is 0 Å². The fraction of sp³-hybridized carbons (Fsp3) is 0.0323. The van der Waals surface area contributed by atoms with Gasteiger partial charge in [-0.2, -0.15) is 5.10 Å². The van der Waals surface area contributed by atoms with Gasteiger partial charge in [-0.15, -0.1) is 0 Å². The predicted octanol–water partition coefficient (Wildman–Crippen LogP) is 7.50. The molecule has 6 nitrogen and oxygen atoms in total. The van der Waals surface area contributed by atoms with E-state index in [4.69, 9.17) is 16.7 Å². The van der Waals surface area contributed by atoms with Crippen LogP contribution in [-0.4, -0.2) is 19.7 Å². The zero-order valence-electron chi connectivity index (χ0n) is 20.1. The lowest BCUT2D eigenvalue weighted by Crippen LogP contribution is -2.38. The number of nitro groups is 1. The van der Waals surface area contributed by atoms with Crippen molar-refractivity contribution in [2.24, 2.45) is 0 Å². The molecule has 0 spiro atoms. The third kappa shape index (κ3) is 3.83. The van der Waals surface area contributed by atoms with Crippen LogP contribution in [0.4, 0.5) is 5.69 Å². The molecule has 0 atom stereocenters. The van der Waals surface area contributed by atoms with Gasteiger partial charge in [-0.25, -0.2) is 9.67 Å². The number of pyridine rings is 1. The van der Waals surface area contributed by atoms with Crippen molar-refractivity contribution in [2.45, 2.75) is 5.54 Å². The van der Waals surface area contributed by atoms with Gasteiger partial charge in [-0.05, 0) is 34.9 Å². The number of rotatable bonds is 6. The molecule has 4 aromatic carbocycles. The number of halogens is 1. The molecule has 0 aliphatic carbocycles. The molecule has 6 rings (SSSR count). The van der Waals surface area contributed by atoms with Crippen molar-refractivity contribution in [3.05, 3.63) is 159 Å². The lowest BCUT2D eigenvalue weighted by atomic mass is 9.77. The number of aromatic nitrogens is 3. The average Bonchev–Trinajstić information content (AvgIpc) is 3.34. The summed E-state index contributed by atoms with van der Waals surface area (Å²) in [5.41, 5.74) is 4.15. The van der Waals surface area contributed by atoms with Crippen LogP contribution >= 0.6 is 11.6 Å². The van der Waals surface area contributed by atoms with Gasteiger partial charge >= 0.3 is 0 Å². The summed E-state index contributed by atoms with van der Waals surface area (Å²) in [5, 5.41) is 17.9. The van der Waals surface area contributed by atoms with Crippen molar-refractivity contribution >= 4 is 28.2 Å². The fourth-order valence-corrected chi connectivity index (χ4v) is 5.32. The molecule has 0 aliphatic heterocycles. The summed E-state index contributed by atoms with van der Waals surface area (Å²) in [7, 11) is 0. The normalized spacial score (nSPS) is 11.5. The summed E-state index contributed by atoms with van der Waals surface area (Å²) < 4.78 is 1.98. The minimum Gasteiger partial charge on any atom is -0.258 e. The van der Waals surface area contributed by atoms with Gasteiger partial charge in [-0.3, -0.25) is 10.1 Å². The highest BCUT2D eigenvalue weighted by atomic mass is 35.5. The third-order valence-corrected chi connectivity index (χ3v) is 6.97. The van der Waals surface area contributed by atoms with Gasteiger partial charge in [0, 0.05) is 29.3 Å². The Morgan fingerprint density at radius 1 is 0.737 bits per heavy atom. The van der Waals surface area contributed by atoms with E-state index in [0.717, 1.165) is 27.8 Å². The van der Waals surface area contributed by atoms with E-state index in [-0.39, 0.29) is 10.6 Å². The summed E-state index contributed by atoms with van der Waals surface area (Å²) in [6.45, 7) is 0. The Morgan fingerprint density at radius 3 is 1.79 bits per heavy atom. The molecule has 0 N–H and O–H groups in total. The molecule has 38 heavy (non-hydrogen) atoms. The van der Waals surface area contributed by atoms with E-state index >= 15 is 0 Å².